The van der Waals surface area contributed by atoms with E-state index in [1.807, 2.05) is 6.92 Å². The molecule has 1 aliphatic heterocycles. The topological polar surface area (TPSA) is 32.7 Å². The Morgan fingerprint density at radius 3 is 2.00 bits per heavy atom. The van der Waals surface area contributed by atoms with E-state index >= 15 is 0 Å². The summed E-state index contributed by atoms with van der Waals surface area (Å²) < 4.78 is 5.95. The molecule has 0 spiro atoms. The molecule has 0 saturated carbocycles. The molecule has 1 saturated heterocycles. The first-order valence-electron chi connectivity index (χ1n) is 5.31. The maximum Gasteiger partial charge on any atom is 0.0760 e. The van der Waals surface area contributed by atoms with Crippen molar-refractivity contribution >= 4 is 0 Å². The smallest absolute Gasteiger partial charge is 0.0760 e. The van der Waals surface area contributed by atoms with Crippen molar-refractivity contribution in [3.05, 3.63) is 0 Å². The van der Waals surface area contributed by atoms with Gasteiger partial charge in [0, 0.05) is 19.6 Å². The Balaban J connectivity index is 2.62. The number of hydrogen-bond acceptors (Lipinski definition) is 3. The predicted molar refractivity (Wildman–Crippen MR) is 57.4 cm³/mol. The van der Waals surface area contributed by atoms with Crippen LogP contribution in [0.2, 0.25) is 0 Å². The van der Waals surface area contributed by atoms with Crippen LogP contribution in [0.1, 0.15) is 34.6 Å². The number of β-amino-alcohol motifs (C(OH)–C–C–N with tert-alkyl or cyclic N) is 1. The lowest BCUT2D eigenvalue weighted by atomic mass is 9.99. The Kier molecular flexibility index (Phi) is 3.24. The van der Waals surface area contributed by atoms with Gasteiger partial charge in [-0.3, -0.25) is 4.90 Å². The van der Waals surface area contributed by atoms with Crippen LogP contribution in [0.4, 0.5) is 0 Å². The Hall–Kier alpha value is -0.120. The van der Waals surface area contributed by atoms with E-state index in [0.29, 0.717) is 0 Å². The van der Waals surface area contributed by atoms with Crippen molar-refractivity contribution in [1.29, 1.82) is 0 Å². The van der Waals surface area contributed by atoms with Crippen LogP contribution in [-0.4, -0.2) is 46.9 Å². The van der Waals surface area contributed by atoms with Crippen LogP contribution >= 0.6 is 0 Å². The molecule has 1 heterocycles. The van der Waals surface area contributed by atoms with Crippen molar-refractivity contribution in [1.82, 2.24) is 4.90 Å². The van der Waals surface area contributed by atoms with Gasteiger partial charge in [0.25, 0.3) is 0 Å². The van der Waals surface area contributed by atoms with Crippen LogP contribution in [0.3, 0.4) is 0 Å². The van der Waals surface area contributed by atoms with Gasteiger partial charge in [0.05, 0.1) is 17.3 Å². The Bertz CT molecular complexity index is 183. The number of rotatable bonds is 2. The van der Waals surface area contributed by atoms with Gasteiger partial charge in [-0.25, -0.2) is 0 Å². The second-order valence-electron chi connectivity index (χ2n) is 5.64. The molecule has 1 aliphatic rings. The summed E-state index contributed by atoms with van der Waals surface area (Å²) >= 11 is 0. The summed E-state index contributed by atoms with van der Waals surface area (Å²) in [5.74, 6) is 0. The average Bonchev–Trinajstić information content (AvgIpc) is 1.74. The van der Waals surface area contributed by atoms with E-state index < -0.39 is 0 Å². The normalized spacial score (nSPS) is 28.7. The van der Waals surface area contributed by atoms with Gasteiger partial charge in [-0.1, -0.05) is 0 Å². The molecule has 14 heavy (non-hydrogen) atoms. The molecule has 0 unspecified atom stereocenters. The highest BCUT2D eigenvalue weighted by Crippen LogP contribution is 2.27. The second-order valence-corrected chi connectivity index (χ2v) is 5.64. The number of morpholine rings is 1. The minimum absolute atomic E-state index is 0.114. The van der Waals surface area contributed by atoms with Gasteiger partial charge in [0.2, 0.25) is 0 Å². The SMILES string of the molecule is C[C@H](O)CN1CC(C)(C)OC(C)(C)C1. The average molecular weight is 201 g/mol. The van der Waals surface area contributed by atoms with Crippen LogP contribution in [0.5, 0.6) is 0 Å². The quantitative estimate of drug-likeness (QED) is 0.730. The summed E-state index contributed by atoms with van der Waals surface area (Å²) in [5.41, 5.74) is -0.229. The van der Waals surface area contributed by atoms with Gasteiger partial charge in [-0.2, -0.15) is 0 Å². The molecule has 0 aromatic rings. The molecule has 0 aliphatic carbocycles. The third-order valence-corrected chi connectivity index (χ3v) is 2.28. The molecule has 0 aromatic carbocycles. The third kappa shape index (κ3) is 3.56. The molecular weight excluding hydrogens is 178 g/mol. The highest BCUT2D eigenvalue weighted by atomic mass is 16.5. The first kappa shape index (κ1) is 12.0. The molecule has 0 radical (unpaired) electrons. The van der Waals surface area contributed by atoms with E-state index in [-0.39, 0.29) is 17.3 Å². The molecule has 84 valence electrons. The standard InChI is InChI=1S/C11H23NO2/c1-9(13)6-12-7-10(2,3)14-11(4,5)8-12/h9,13H,6-8H2,1-5H3/t9-/m0/s1. The molecule has 1 atom stereocenters. The molecule has 1 rings (SSSR count). The zero-order chi connectivity index (χ0) is 11.0. The van der Waals surface area contributed by atoms with Crippen LogP contribution in [0.25, 0.3) is 0 Å². The molecule has 1 N–H and O–H groups in total. The van der Waals surface area contributed by atoms with E-state index in [2.05, 4.69) is 32.6 Å². The van der Waals surface area contributed by atoms with Gasteiger partial charge in [0.1, 0.15) is 0 Å². The number of aliphatic hydroxyl groups is 1. The van der Waals surface area contributed by atoms with E-state index in [9.17, 15) is 5.11 Å². The lowest BCUT2D eigenvalue weighted by Gasteiger charge is -2.47. The van der Waals surface area contributed by atoms with Crippen LogP contribution in [0, 0.1) is 0 Å². The fraction of sp³-hybridized carbons (Fsp3) is 1.00. The van der Waals surface area contributed by atoms with Gasteiger partial charge >= 0.3 is 0 Å². The minimum Gasteiger partial charge on any atom is -0.392 e. The molecule has 0 aromatic heterocycles. The summed E-state index contributed by atoms with van der Waals surface area (Å²) in [4.78, 5) is 2.27. The summed E-state index contributed by atoms with van der Waals surface area (Å²) in [6.07, 6.45) is -0.264. The van der Waals surface area contributed by atoms with Gasteiger partial charge in [-0.05, 0) is 34.6 Å². The fourth-order valence-corrected chi connectivity index (χ4v) is 2.45. The second kappa shape index (κ2) is 3.80. The van der Waals surface area contributed by atoms with Crippen molar-refractivity contribution in [2.45, 2.75) is 51.9 Å². The van der Waals surface area contributed by atoms with Gasteiger partial charge in [0.15, 0.2) is 0 Å². The molecule has 3 nitrogen and oxygen atoms in total. The van der Waals surface area contributed by atoms with E-state index in [4.69, 9.17) is 4.74 Å². The van der Waals surface area contributed by atoms with Crippen molar-refractivity contribution < 1.29 is 9.84 Å². The maximum atomic E-state index is 9.36. The van der Waals surface area contributed by atoms with Crippen LogP contribution in [0.15, 0.2) is 0 Å². The molecule has 3 heteroatoms. The van der Waals surface area contributed by atoms with Crippen molar-refractivity contribution in [2.24, 2.45) is 0 Å². The molecular formula is C11H23NO2. The number of aliphatic hydroxyl groups excluding tert-OH is 1. The summed E-state index contributed by atoms with van der Waals surface area (Å²) in [6, 6.07) is 0. The summed E-state index contributed by atoms with van der Waals surface area (Å²) in [6.45, 7) is 12.7. The Morgan fingerprint density at radius 2 is 1.64 bits per heavy atom. The van der Waals surface area contributed by atoms with Crippen molar-refractivity contribution in [2.75, 3.05) is 19.6 Å². The third-order valence-electron chi connectivity index (χ3n) is 2.28. The first-order valence-corrected chi connectivity index (χ1v) is 5.31. The van der Waals surface area contributed by atoms with Gasteiger partial charge < -0.3 is 9.84 Å². The zero-order valence-corrected chi connectivity index (χ0v) is 10.0. The largest absolute Gasteiger partial charge is 0.392 e. The highest BCUT2D eigenvalue weighted by molar-refractivity contribution is 4.89. The van der Waals surface area contributed by atoms with E-state index in [0.717, 1.165) is 19.6 Å². The minimum atomic E-state index is -0.264. The zero-order valence-electron chi connectivity index (χ0n) is 10.0. The number of nitrogens with zero attached hydrogens (tertiary/aromatic N) is 1. The molecule has 1 fully saturated rings. The van der Waals surface area contributed by atoms with E-state index in [1.165, 1.54) is 0 Å². The van der Waals surface area contributed by atoms with Gasteiger partial charge in [-0.15, -0.1) is 0 Å². The summed E-state index contributed by atoms with van der Waals surface area (Å²) in [7, 11) is 0. The molecule has 0 amide bonds. The molecule has 0 bridgehead atoms. The fourth-order valence-electron chi connectivity index (χ4n) is 2.45. The maximum absolute atomic E-state index is 9.36. The predicted octanol–water partition coefficient (Wildman–Crippen LogP) is 1.26. The highest BCUT2D eigenvalue weighted by Gasteiger charge is 2.38. The lowest BCUT2D eigenvalue weighted by Crippen LogP contribution is -2.58. The Labute approximate surface area is 87.1 Å². The summed E-state index contributed by atoms with van der Waals surface area (Å²) in [5, 5.41) is 9.36. The number of ether oxygens (including phenoxy) is 1. The van der Waals surface area contributed by atoms with Crippen LogP contribution < -0.4 is 0 Å². The Morgan fingerprint density at radius 1 is 1.21 bits per heavy atom. The van der Waals surface area contributed by atoms with Crippen molar-refractivity contribution in [3.63, 3.8) is 0 Å². The first-order chi connectivity index (χ1) is 6.20. The monoisotopic (exact) mass is 201 g/mol. The van der Waals surface area contributed by atoms with E-state index in [1.54, 1.807) is 0 Å². The van der Waals surface area contributed by atoms with Crippen LogP contribution in [-0.2, 0) is 4.74 Å². The van der Waals surface area contributed by atoms with Crippen molar-refractivity contribution in [3.8, 4) is 0 Å². The lowest BCUT2D eigenvalue weighted by molar-refractivity contribution is -0.183. The number of hydrogen-bond donors (Lipinski definition) is 1.